The maximum Gasteiger partial charge on any atom is 0.111 e. The van der Waals surface area contributed by atoms with Crippen molar-refractivity contribution in [1.29, 1.82) is 0 Å². The summed E-state index contributed by atoms with van der Waals surface area (Å²) < 4.78 is 1.05. The Labute approximate surface area is 84.6 Å². The van der Waals surface area contributed by atoms with Gasteiger partial charge in [0.2, 0.25) is 0 Å². The Kier molecular flexibility index (Phi) is 1.77. The highest BCUT2D eigenvalue weighted by molar-refractivity contribution is 9.10. The average molecular weight is 240 g/mol. The quantitative estimate of drug-likeness (QED) is 0.552. The van der Waals surface area contributed by atoms with Crippen molar-refractivity contribution in [3.8, 4) is 0 Å². The minimum absolute atomic E-state index is 0.725. The van der Waals surface area contributed by atoms with Gasteiger partial charge in [-0.05, 0) is 12.1 Å². The molecule has 3 heteroatoms. The molecule has 0 unspecified atom stereocenters. The number of hydrogen-bond donors (Lipinski definition) is 1. The van der Waals surface area contributed by atoms with Crippen molar-refractivity contribution < 1.29 is 0 Å². The van der Waals surface area contributed by atoms with Crippen LogP contribution in [0, 0.1) is 0 Å². The lowest BCUT2D eigenvalue weighted by molar-refractivity contribution is 1.61. The van der Waals surface area contributed by atoms with Gasteiger partial charge < -0.3 is 5.32 Å². The van der Waals surface area contributed by atoms with E-state index in [0.29, 0.717) is 0 Å². The molecule has 0 aromatic heterocycles. The highest BCUT2D eigenvalue weighted by atomic mass is 79.9. The lowest BCUT2D eigenvalue weighted by Gasteiger charge is -1.97. The molecule has 0 saturated heterocycles. The van der Waals surface area contributed by atoms with Crippen LogP contribution in [0.15, 0.2) is 29.3 Å². The predicted octanol–water partition coefficient (Wildman–Crippen LogP) is 3.22. The van der Waals surface area contributed by atoms with Crippen LogP contribution in [0.25, 0.3) is 5.57 Å². The van der Waals surface area contributed by atoms with Gasteiger partial charge in [0, 0.05) is 21.3 Å². The zero-order valence-corrected chi connectivity index (χ0v) is 8.63. The summed E-state index contributed by atoms with van der Waals surface area (Å²) in [5, 5.41) is 3.09. The first-order valence-corrected chi connectivity index (χ1v) is 4.69. The first kappa shape index (κ1) is 7.95. The van der Waals surface area contributed by atoms with E-state index in [1.54, 1.807) is 0 Å². The fourth-order valence-corrected chi connectivity index (χ4v) is 1.78. The van der Waals surface area contributed by atoms with Gasteiger partial charge in [-0.3, -0.25) is 0 Å². The van der Waals surface area contributed by atoms with Crippen LogP contribution >= 0.6 is 28.1 Å². The van der Waals surface area contributed by atoms with Crippen molar-refractivity contribution in [2.45, 2.75) is 0 Å². The van der Waals surface area contributed by atoms with E-state index in [4.69, 9.17) is 12.2 Å². The van der Waals surface area contributed by atoms with Crippen molar-refractivity contribution in [2.24, 2.45) is 0 Å². The molecule has 12 heavy (non-hydrogen) atoms. The second-order valence-corrected chi connectivity index (χ2v) is 3.95. The highest BCUT2D eigenvalue weighted by Crippen LogP contribution is 2.33. The Bertz CT molecular complexity index is 384. The number of thiocarbonyl (C=S) groups is 1. The highest BCUT2D eigenvalue weighted by Gasteiger charge is 2.18. The van der Waals surface area contributed by atoms with E-state index in [9.17, 15) is 0 Å². The summed E-state index contributed by atoms with van der Waals surface area (Å²) in [6.45, 7) is 3.89. The van der Waals surface area contributed by atoms with Gasteiger partial charge in [0.1, 0.15) is 4.99 Å². The number of nitrogens with one attached hydrogen (secondary N) is 1. The zero-order valence-electron chi connectivity index (χ0n) is 6.23. The predicted molar refractivity (Wildman–Crippen MR) is 59.4 cm³/mol. The SMILES string of the molecule is C=C1C(=S)Nc2cc(Br)ccc21. The van der Waals surface area contributed by atoms with Crippen LogP contribution in [0.3, 0.4) is 0 Å². The van der Waals surface area contributed by atoms with Crippen molar-refractivity contribution in [3.05, 3.63) is 34.8 Å². The van der Waals surface area contributed by atoms with Crippen molar-refractivity contribution in [2.75, 3.05) is 5.32 Å². The Balaban J connectivity index is 2.62. The van der Waals surface area contributed by atoms with Gasteiger partial charge >= 0.3 is 0 Å². The second-order valence-electron chi connectivity index (χ2n) is 2.62. The monoisotopic (exact) mass is 239 g/mol. The smallest absolute Gasteiger partial charge is 0.111 e. The third-order valence-electron chi connectivity index (χ3n) is 1.83. The maximum absolute atomic E-state index is 5.06. The summed E-state index contributed by atoms with van der Waals surface area (Å²) in [4.78, 5) is 0.725. The minimum Gasteiger partial charge on any atom is -0.346 e. The Hall–Kier alpha value is -0.670. The Morgan fingerprint density at radius 1 is 1.42 bits per heavy atom. The normalized spacial score (nSPS) is 14.4. The molecule has 0 spiro atoms. The fraction of sp³-hybridized carbons (Fsp3) is 0. The fourth-order valence-electron chi connectivity index (χ4n) is 1.20. The molecule has 0 amide bonds. The van der Waals surface area contributed by atoms with Gasteiger partial charge in [-0.15, -0.1) is 0 Å². The van der Waals surface area contributed by atoms with Crippen molar-refractivity contribution in [1.82, 2.24) is 0 Å². The summed E-state index contributed by atoms with van der Waals surface area (Å²) in [7, 11) is 0. The summed E-state index contributed by atoms with van der Waals surface area (Å²) in [5.41, 5.74) is 3.05. The first-order valence-electron chi connectivity index (χ1n) is 3.48. The number of benzene rings is 1. The summed E-state index contributed by atoms with van der Waals surface area (Å²) in [5.74, 6) is 0. The molecule has 0 radical (unpaired) electrons. The standard InChI is InChI=1S/C9H6BrNS/c1-5-7-3-2-6(10)4-8(7)11-9(5)12/h2-4H,1H2,(H,11,12). The topological polar surface area (TPSA) is 12.0 Å². The maximum atomic E-state index is 5.06. The van der Waals surface area contributed by atoms with E-state index >= 15 is 0 Å². The summed E-state index contributed by atoms with van der Waals surface area (Å²) in [6, 6.07) is 5.99. The van der Waals surface area contributed by atoms with Crippen LogP contribution in [-0.4, -0.2) is 4.99 Å². The Morgan fingerprint density at radius 3 is 2.92 bits per heavy atom. The first-order chi connectivity index (χ1) is 5.68. The van der Waals surface area contributed by atoms with Crippen LogP contribution in [0.5, 0.6) is 0 Å². The van der Waals surface area contributed by atoms with Gasteiger partial charge in [0.25, 0.3) is 0 Å². The van der Waals surface area contributed by atoms with Crippen molar-refractivity contribution in [3.63, 3.8) is 0 Å². The minimum atomic E-state index is 0.725. The van der Waals surface area contributed by atoms with Gasteiger partial charge in [-0.2, -0.15) is 0 Å². The molecule has 0 saturated carbocycles. The second kappa shape index (κ2) is 2.68. The van der Waals surface area contributed by atoms with E-state index in [1.807, 2.05) is 18.2 Å². The molecule has 1 aliphatic rings. The van der Waals surface area contributed by atoms with E-state index in [-0.39, 0.29) is 0 Å². The third-order valence-corrected chi connectivity index (χ3v) is 2.67. The molecule has 1 nitrogen and oxygen atoms in total. The molecule has 2 rings (SSSR count). The van der Waals surface area contributed by atoms with Crippen LogP contribution in [0.2, 0.25) is 0 Å². The van der Waals surface area contributed by atoms with Crippen LogP contribution in [0.1, 0.15) is 5.56 Å². The van der Waals surface area contributed by atoms with E-state index < -0.39 is 0 Å². The average Bonchev–Trinajstić information content (AvgIpc) is 2.28. The molecule has 0 atom stereocenters. The lowest BCUT2D eigenvalue weighted by atomic mass is 10.1. The number of fused-ring (bicyclic) bond motifs is 1. The largest absolute Gasteiger partial charge is 0.346 e. The molecule has 1 N–H and O–H groups in total. The molecular formula is C9H6BrNS. The van der Waals surface area contributed by atoms with E-state index in [2.05, 4.69) is 27.8 Å². The van der Waals surface area contributed by atoms with Crippen LogP contribution in [-0.2, 0) is 0 Å². The molecule has 0 fully saturated rings. The van der Waals surface area contributed by atoms with Crippen LogP contribution in [0.4, 0.5) is 5.69 Å². The molecule has 0 bridgehead atoms. The van der Waals surface area contributed by atoms with E-state index in [0.717, 1.165) is 26.3 Å². The molecular weight excluding hydrogens is 234 g/mol. The number of anilines is 1. The third kappa shape index (κ3) is 1.09. The molecule has 60 valence electrons. The summed E-state index contributed by atoms with van der Waals surface area (Å²) in [6.07, 6.45) is 0. The zero-order chi connectivity index (χ0) is 8.72. The van der Waals surface area contributed by atoms with Crippen molar-refractivity contribution >= 4 is 44.4 Å². The number of hydrogen-bond acceptors (Lipinski definition) is 1. The van der Waals surface area contributed by atoms with Gasteiger partial charge in [-0.25, -0.2) is 0 Å². The summed E-state index contributed by atoms with van der Waals surface area (Å²) >= 11 is 8.46. The van der Waals surface area contributed by atoms with Gasteiger partial charge in [0.05, 0.1) is 0 Å². The molecule has 0 aliphatic carbocycles. The number of halogens is 1. The molecule has 1 heterocycles. The molecule has 1 aliphatic heterocycles. The van der Waals surface area contributed by atoms with Gasteiger partial charge in [0.15, 0.2) is 0 Å². The molecule has 1 aromatic carbocycles. The van der Waals surface area contributed by atoms with Gasteiger partial charge in [-0.1, -0.05) is 40.8 Å². The Morgan fingerprint density at radius 2 is 2.17 bits per heavy atom. The van der Waals surface area contributed by atoms with Crippen LogP contribution < -0.4 is 5.32 Å². The lowest BCUT2D eigenvalue weighted by Crippen LogP contribution is -1.99. The number of rotatable bonds is 0. The van der Waals surface area contributed by atoms with E-state index in [1.165, 1.54) is 0 Å². The molecule has 1 aromatic rings.